The van der Waals surface area contributed by atoms with Gasteiger partial charge in [-0.25, -0.2) is 4.79 Å². The number of carboxylic acid groups (broad SMARTS) is 1. The van der Waals surface area contributed by atoms with Crippen LogP contribution in [0, 0.1) is 0 Å². The number of nitrogens with one attached hydrogen (secondary N) is 1. The van der Waals surface area contributed by atoms with Crippen LogP contribution in [0.15, 0.2) is 52.9 Å². The van der Waals surface area contributed by atoms with Gasteiger partial charge in [0.25, 0.3) is 5.91 Å². The van der Waals surface area contributed by atoms with Gasteiger partial charge in [0.15, 0.2) is 11.8 Å². The standard InChI is InChI=1S/C20H19NO7/c1-26-15-5-6-17-13(8-15)9-18(28-17)19(23)21-16(20(24)25)11-27-10-12-3-2-4-14(22)7-12/h2-9,16,22H,10-11H2,1H3,(H,21,23)(H,24,25)/t16-/m0/s1. The van der Waals surface area contributed by atoms with Crippen molar-refractivity contribution >= 4 is 22.8 Å². The molecule has 0 aliphatic carbocycles. The van der Waals surface area contributed by atoms with Gasteiger partial charge in [-0.1, -0.05) is 12.1 Å². The van der Waals surface area contributed by atoms with Crippen LogP contribution in [0.25, 0.3) is 11.0 Å². The van der Waals surface area contributed by atoms with Crippen LogP contribution in [0.2, 0.25) is 0 Å². The second kappa shape index (κ2) is 8.45. The Balaban J connectivity index is 1.63. The third-order valence-corrected chi connectivity index (χ3v) is 4.01. The van der Waals surface area contributed by atoms with Crippen LogP contribution in [0.1, 0.15) is 16.1 Å². The highest BCUT2D eigenvalue weighted by Crippen LogP contribution is 2.24. The molecule has 0 saturated heterocycles. The number of furan rings is 1. The summed E-state index contributed by atoms with van der Waals surface area (Å²) in [5.41, 5.74) is 1.17. The molecule has 8 nitrogen and oxygen atoms in total. The maximum Gasteiger partial charge on any atom is 0.328 e. The SMILES string of the molecule is COc1ccc2oc(C(=O)N[C@@H](COCc3cccc(O)c3)C(=O)O)cc2c1. The van der Waals surface area contributed by atoms with E-state index in [9.17, 15) is 19.8 Å². The Morgan fingerprint density at radius 1 is 1.18 bits per heavy atom. The van der Waals surface area contributed by atoms with Crippen molar-refractivity contribution in [2.75, 3.05) is 13.7 Å². The Labute approximate surface area is 160 Å². The van der Waals surface area contributed by atoms with Crippen molar-refractivity contribution in [2.24, 2.45) is 0 Å². The molecule has 0 radical (unpaired) electrons. The summed E-state index contributed by atoms with van der Waals surface area (Å²) in [6.07, 6.45) is 0. The molecule has 8 heteroatoms. The number of carbonyl (C=O) groups is 2. The molecule has 0 spiro atoms. The van der Waals surface area contributed by atoms with Crippen molar-refractivity contribution in [2.45, 2.75) is 12.6 Å². The maximum atomic E-state index is 12.4. The maximum absolute atomic E-state index is 12.4. The van der Waals surface area contributed by atoms with Crippen LogP contribution >= 0.6 is 0 Å². The molecule has 0 fully saturated rings. The number of carbonyl (C=O) groups excluding carboxylic acids is 1. The van der Waals surface area contributed by atoms with Crippen LogP contribution in [-0.4, -0.2) is 41.8 Å². The number of aromatic hydroxyl groups is 1. The zero-order valence-electron chi connectivity index (χ0n) is 15.0. The molecule has 1 amide bonds. The van der Waals surface area contributed by atoms with Gasteiger partial charge in [-0.15, -0.1) is 0 Å². The predicted molar refractivity (Wildman–Crippen MR) is 99.4 cm³/mol. The Kier molecular flexibility index (Phi) is 5.81. The van der Waals surface area contributed by atoms with E-state index in [1.165, 1.54) is 25.3 Å². The summed E-state index contributed by atoms with van der Waals surface area (Å²) in [4.78, 5) is 23.8. The molecule has 146 valence electrons. The molecule has 1 atom stereocenters. The van der Waals surface area contributed by atoms with Crippen LogP contribution < -0.4 is 10.1 Å². The number of amides is 1. The summed E-state index contributed by atoms with van der Waals surface area (Å²) in [6.45, 7) is -0.150. The monoisotopic (exact) mass is 385 g/mol. The third kappa shape index (κ3) is 4.60. The van der Waals surface area contributed by atoms with Gasteiger partial charge in [-0.2, -0.15) is 0 Å². The smallest absolute Gasteiger partial charge is 0.328 e. The normalized spacial score (nSPS) is 11.9. The zero-order chi connectivity index (χ0) is 20.1. The van der Waals surface area contributed by atoms with Gasteiger partial charge in [0.1, 0.15) is 17.1 Å². The molecule has 0 bridgehead atoms. The van der Waals surface area contributed by atoms with E-state index in [1.54, 1.807) is 30.3 Å². The minimum atomic E-state index is -1.26. The van der Waals surface area contributed by atoms with Crippen molar-refractivity contribution in [1.29, 1.82) is 0 Å². The van der Waals surface area contributed by atoms with Gasteiger partial charge >= 0.3 is 5.97 Å². The Morgan fingerprint density at radius 3 is 2.71 bits per heavy atom. The van der Waals surface area contributed by atoms with Gasteiger partial charge in [0.05, 0.1) is 20.3 Å². The van der Waals surface area contributed by atoms with Crippen LogP contribution in [0.4, 0.5) is 0 Å². The first-order valence-corrected chi connectivity index (χ1v) is 8.43. The topological polar surface area (TPSA) is 118 Å². The molecule has 0 aliphatic heterocycles. The van der Waals surface area contributed by atoms with Gasteiger partial charge in [-0.05, 0) is 42.0 Å². The third-order valence-electron chi connectivity index (χ3n) is 4.01. The van der Waals surface area contributed by atoms with Gasteiger partial charge < -0.3 is 29.4 Å². The molecule has 2 aromatic carbocycles. The first-order valence-electron chi connectivity index (χ1n) is 8.43. The molecule has 3 N–H and O–H groups in total. The number of rotatable bonds is 8. The Bertz CT molecular complexity index is 995. The first-order chi connectivity index (χ1) is 13.5. The summed E-state index contributed by atoms with van der Waals surface area (Å²) in [5, 5.41) is 21.8. The van der Waals surface area contributed by atoms with Crippen molar-refractivity contribution in [3.8, 4) is 11.5 Å². The zero-order valence-corrected chi connectivity index (χ0v) is 15.0. The quantitative estimate of drug-likeness (QED) is 0.545. The second-order valence-electron chi connectivity index (χ2n) is 6.06. The molecule has 0 unspecified atom stereocenters. The summed E-state index contributed by atoms with van der Waals surface area (Å²) in [5.74, 6) is -1.21. The van der Waals surface area contributed by atoms with Gasteiger partial charge in [0, 0.05) is 5.39 Å². The van der Waals surface area contributed by atoms with Crippen molar-refractivity contribution in [1.82, 2.24) is 5.32 Å². The number of carboxylic acids is 1. The lowest BCUT2D eigenvalue weighted by Gasteiger charge is -2.14. The van der Waals surface area contributed by atoms with E-state index in [1.807, 2.05) is 0 Å². The number of phenolic OH excluding ortho intramolecular Hbond substituents is 1. The fourth-order valence-corrected chi connectivity index (χ4v) is 2.61. The van der Waals surface area contributed by atoms with Crippen molar-refractivity contribution < 1.29 is 33.7 Å². The highest BCUT2D eigenvalue weighted by atomic mass is 16.5. The molecule has 1 aromatic heterocycles. The second-order valence-corrected chi connectivity index (χ2v) is 6.06. The minimum absolute atomic E-state index is 0.0116. The number of benzene rings is 2. The largest absolute Gasteiger partial charge is 0.508 e. The fraction of sp³-hybridized carbons (Fsp3) is 0.200. The molecule has 3 aromatic rings. The lowest BCUT2D eigenvalue weighted by atomic mass is 10.2. The molecule has 3 rings (SSSR count). The average molecular weight is 385 g/mol. The van der Waals surface area contributed by atoms with Crippen molar-refractivity contribution in [3.63, 3.8) is 0 Å². The van der Waals surface area contributed by atoms with Crippen LogP contribution in [0.3, 0.4) is 0 Å². The number of ether oxygens (including phenoxy) is 2. The molecule has 28 heavy (non-hydrogen) atoms. The van der Waals surface area contributed by atoms with Gasteiger partial charge in [0.2, 0.25) is 0 Å². The Hall–Kier alpha value is -3.52. The van der Waals surface area contributed by atoms with E-state index in [2.05, 4.69) is 5.32 Å². The van der Waals surface area contributed by atoms with Crippen LogP contribution in [-0.2, 0) is 16.1 Å². The summed E-state index contributed by atoms with van der Waals surface area (Å²) >= 11 is 0. The van der Waals surface area contributed by atoms with E-state index in [4.69, 9.17) is 13.9 Å². The fourth-order valence-electron chi connectivity index (χ4n) is 2.61. The van der Waals surface area contributed by atoms with Gasteiger partial charge in [-0.3, -0.25) is 4.79 Å². The van der Waals surface area contributed by atoms with E-state index >= 15 is 0 Å². The molecular formula is C20H19NO7. The summed E-state index contributed by atoms with van der Waals surface area (Å²) < 4.78 is 16.0. The van der Waals surface area contributed by atoms with E-state index in [-0.39, 0.29) is 24.7 Å². The van der Waals surface area contributed by atoms with E-state index in [0.29, 0.717) is 22.3 Å². The summed E-state index contributed by atoms with van der Waals surface area (Å²) in [6, 6.07) is 11.7. The number of methoxy groups -OCH3 is 1. The lowest BCUT2D eigenvalue weighted by Crippen LogP contribution is -2.43. The minimum Gasteiger partial charge on any atom is -0.508 e. The van der Waals surface area contributed by atoms with E-state index < -0.39 is 17.9 Å². The number of hydrogen-bond acceptors (Lipinski definition) is 6. The number of fused-ring (bicyclic) bond motifs is 1. The van der Waals surface area contributed by atoms with E-state index in [0.717, 1.165) is 0 Å². The first kappa shape index (κ1) is 19.2. The average Bonchev–Trinajstić information content (AvgIpc) is 3.10. The van der Waals surface area contributed by atoms with Crippen molar-refractivity contribution in [3.05, 3.63) is 59.9 Å². The highest BCUT2D eigenvalue weighted by Gasteiger charge is 2.23. The molecule has 1 heterocycles. The molecule has 0 aliphatic rings. The number of hydrogen-bond donors (Lipinski definition) is 3. The molecular weight excluding hydrogens is 366 g/mol. The summed E-state index contributed by atoms with van der Waals surface area (Å²) in [7, 11) is 1.53. The van der Waals surface area contributed by atoms with Crippen LogP contribution in [0.5, 0.6) is 11.5 Å². The highest BCUT2D eigenvalue weighted by molar-refractivity contribution is 5.98. The lowest BCUT2D eigenvalue weighted by molar-refractivity contribution is -0.141. The Morgan fingerprint density at radius 2 is 2.00 bits per heavy atom. The predicted octanol–water partition coefficient (Wildman–Crippen LogP) is 2.55. The number of phenols is 1. The molecule has 0 saturated carbocycles. The number of aliphatic carboxylic acids is 1.